The summed E-state index contributed by atoms with van der Waals surface area (Å²) in [6.07, 6.45) is 3.20. The van der Waals surface area contributed by atoms with Gasteiger partial charge in [0, 0.05) is 29.1 Å². The smallest absolute Gasteiger partial charge is 0.266 e. The Hall–Kier alpha value is -3.26. The summed E-state index contributed by atoms with van der Waals surface area (Å²) in [6, 6.07) is 13.0. The van der Waals surface area contributed by atoms with Gasteiger partial charge < -0.3 is 4.98 Å². The summed E-state index contributed by atoms with van der Waals surface area (Å²) in [5.74, 6) is -0.485. The van der Waals surface area contributed by atoms with Crippen LogP contribution in [-0.2, 0) is 0 Å². The van der Waals surface area contributed by atoms with Crippen LogP contribution in [0.4, 0.5) is 4.39 Å². The summed E-state index contributed by atoms with van der Waals surface area (Å²) < 4.78 is 14.0. The standard InChI is InChI=1S/C17H10FN3O/c18-15-6-2-1-5-12(15)13-8-16(11-4-3-7-20-10-11)21-17(22)14(13)9-19/h1-8,10H,(H,21,22). The maximum Gasteiger partial charge on any atom is 0.266 e. The van der Waals surface area contributed by atoms with Crippen LogP contribution in [0.2, 0.25) is 0 Å². The minimum Gasteiger partial charge on any atom is -0.321 e. The summed E-state index contributed by atoms with van der Waals surface area (Å²) >= 11 is 0. The van der Waals surface area contributed by atoms with Crippen molar-refractivity contribution in [1.82, 2.24) is 9.97 Å². The second-order valence-electron chi connectivity index (χ2n) is 4.63. The lowest BCUT2D eigenvalue weighted by Gasteiger charge is -2.08. The number of hydrogen-bond donors (Lipinski definition) is 1. The molecule has 0 aliphatic carbocycles. The van der Waals surface area contributed by atoms with Gasteiger partial charge in [0.25, 0.3) is 5.56 Å². The molecule has 3 rings (SSSR count). The average Bonchev–Trinajstić information content (AvgIpc) is 2.55. The maximum atomic E-state index is 14.0. The second kappa shape index (κ2) is 5.62. The predicted molar refractivity (Wildman–Crippen MR) is 80.4 cm³/mol. The number of benzene rings is 1. The highest BCUT2D eigenvalue weighted by Crippen LogP contribution is 2.27. The number of H-pyrrole nitrogens is 1. The van der Waals surface area contributed by atoms with Crippen LogP contribution in [0.3, 0.4) is 0 Å². The van der Waals surface area contributed by atoms with E-state index in [2.05, 4.69) is 9.97 Å². The molecule has 2 heterocycles. The van der Waals surface area contributed by atoms with E-state index >= 15 is 0 Å². The van der Waals surface area contributed by atoms with Crippen molar-refractivity contribution in [2.45, 2.75) is 0 Å². The average molecular weight is 291 g/mol. The van der Waals surface area contributed by atoms with E-state index in [1.807, 2.05) is 6.07 Å². The molecular weight excluding hydrogens is 281 g/mol. The van der Waals surface area contributed by atoms with Crippen LogP contribution in [0.15, 0.2) is 59.7 Å². The van der Waals surface area contributed by atoms with Gasteiger partial charge in [0.15, 0.2) is 0 Å². The Morgan fingerprint density at radius 2 is 1.95 bits per heavy atom. The summed E-state index contributed by atoms with van der Waals surface area (Å²) in [7, 11) is 0. The fourth-order valence-corrected chi connectivity index (χ4v) is 2.24. The number of nitriles is 1. The number of pyridine rings is 2. The normalized spacial score (nSPS) is 10.2. The molecule has 22 heavy (non-hydrogen) atoms. The van der Waals surface area contributed by atoms with Gasteiger partial charge in [0.2, 0.25) is 0 Å². The van der Waals surface area contributed by atoms with Gasteiger partial charge in [-0.15, -0.1) is 0 Å². The van der Waals surface area contributed by atoms with Crippen LogP contribution >= 0.6 is 0 Å². The number of aromatic amines is 1. The molecule has 2 aromatic heterocycles. The van der Waals surface area contributed by atoms with Crippen molar-refractivity contribution in [1.29, 1.82) is 5.26 Å². The van der Waals surface area contributed by atoms with E-state index < -0.39 is 11.4 Å². The third kappa shape index (κ3) is 2.38. The molecule has 1 N–H and O–H groups in total. The number of aromatic nitrogens is 2. The zero-order valence-electron chi connectivity index (χ0n) is 11.4. The first-order chi connectivity index (χ1) is 10.7. The Kier molecular flexibility index (Phi) is 3.50. The zero-order valence-corrected chi connectivity index (χ0v) is 11.4. The SMILES string of the molecule is N#Cc1c(-c2ccccc2F)cc(-c2cccnc2)[nH]c1=O. The van der Waals surface area contributed by atoms with Gasteiger partial charge in [-0.25, -0.2) is 4.39 Å². The zero-order chi connectivity index (χ0) is 15.5. The molecule has 0 atom stereocenters. The molecule has 0 amide bonds. The highest BCUT2D eigenvalue weighted by atomic mass is 19.1. The molecule has 0 aliphatic heterocycles. The molecule has 0 fully saturated rings. The van der Waals surface area contributed by atoms with Gasteiger partial charge in [0.05, 0.1) is 5.69 Å². The van der Waals surface area contributed by atoms with E-state index in [0.717, 1.165) is 0 Å². The molecule has 0 aliphatic rings. The van der Waals surface area contributed by atoms with Crippen LogP contribution < -0.4 is 5.56 Å². The molecular formula is C17H10FN3O. The Labute approximate surface area is 125 Å². The van der Waals surface area contributed by atoms with Crippen LogP contribution in [0.1, 0.15) is 5.56 Å². The summed E-state index contributed by atoms with van der Waals surface area (Å²) in [5, 5.41) is 9.21. The molecule has 5 heteroatoms. The number of hydrogen-bond acceptors (Lipinski definition) is 3. The number of nitrogens with one attached hydrogen (secondary N) is 1. The second-order valence-corrected chi connectivity index (χ2v) is 4.63. The number of rotatable bonds is 2. The maximum absolute atomic E-state index is 14.0. The van der Waals surface area contributed by atoms with E-state index in [1.54, 1.807) is 42.7 Å². The molecule has 0 saturated carbocycles. The van der Waals surface area contributed by atoms with Crippen molar-refractivity contribution in [3.8, 4) is 28.5 Å². The molecule has 4 nitrogen and oxygen atoms in total. The highest BCUT2D eigenvalue weighted by Gasteiger charge is 2.15. The minimum atomic E-state index is -0.554. The predicted octanol–water partition coefficient (Wildman–Crippen LogP) is 3.11. The molecule has 0 unspecified atom stereocenters. The first-order valence-corrected chi connectivity index (χ1v) is 6.53. The van der Waals surface area contributed by atoms with Crippen LogP contribution in [0.25, 0.3) is 22.4 Å². The number of nitrogens with zero attached hydrogens (tertiary/aromatic N) is 2. The third-order valence-corrected chi connectivity index (χ3v) is 3.28. The highest BCUT2D eigenvalue weighted by molar-refractivity contribution is 5.75. The van der Waals surface area contributed by atoms with Crippen molar-refractivity contribution in [2.75, 3.05) is 0 Å². The molecule has 0 bridgehead atoms. The fourth-order valence-electron chi connectivity index (χ4n) is 2.24. The summed E-state index contributed by atoms with van der Waals surface area (Å²) in [4.78, 5) is 18.8. The molecule has 0 saturated heterocycles. The van der Waals surface area contributed by atoms with E-state index in [1.165, 1.54) is 12.1 Å². The fraction of sp³-hybridized carbons (Fsp3) is 0. The first kappa shape index (κ1) is 13.7. The molecule has 106 valence electrons. The Morgan fingerprint density at radius 1 is 1.14 bits per heavy atom. The van der Waals surface area contributed by atoms with Gasteiger partial charge in [0.1, 0.15) is 17.4 Å². The van der Waals surface area contributed by atoms with E-state index in [4.69, 9.17) is 0 Å². The quantitative estimate of drug-likeness (QED) is 0.788. The van der Waals surface area contributed by atoms with Gasteiger partial charge in [-0.05, 0) is 24.3 Å². The minimum absolute atomic E-state index is 0.113. The molecule has 0 radical (unpaired) electrons. The monoisotopic (exact) mass is 291 g/mol. The van der Waals surface area contributed by atoms with Crippen molar-refractivity contribution >= 4 is 0 Å². The Balaban J connectivity index is 2.30. The van der Waals surface area contributed by atoms with Crippen molar-refractivity contribution < 1.29 is 4.39 Å². The largest absolute Gasteiger partial charge is 0.321 e. The summed E-state index contributed by atoms with van der Waals surface area (Å²) in [5.41, 5.74) is 0.982. The Bertz CT molecular complexity index is 927. The van der Waals surface area contributed by atoms with Gasteiger partial charge >= 0.3 is 0 Å². The third-order valence-electron chi connectivity index (χ3n) is 3.28. The van der Waals surface area contributed by atoms with E-state index in [0.29, 0.717) is 11.3 Å². The van der Waals surface area contributed by atoms with Crippen molar-refractivity contribution in [3.05, 3.63) is 76.6 Å². The lowest BCUT2D eigenvalue weighted by atomic mass is 9.99. The van der Waals surface area contributed by atoms with Crippen LogP contribution in [-0.4, -0.2) is 9.97 Å². The molecule has 1 aromatic carbocycles. The van der Waals surface area contributed by atoms with Crippen molar-refractivity contribution in [2.24, 2.45) is 0 Å². The number of halogens is 1. The van der Waals surface area contributed by atoms with Gasteiger partial charge in [-0.2, -0.15) is 5.26 Å². The molecule has 0 spiro atoms. The van der Waals surface area contributed by atoms with Gasteiger partial charge in [-0.3, -0.25) is 9.78 Å². The topological polar surface area (TPSA) is 69.5 Å². The van der Waals surface area contributed by atoms with E-state index in [9.17, 15) is 14.4 Å². The van der Waals surface area contributed by atoms with Crippen molar-refractivity contribution in [3.63, 3.8) is 0 Å². The van der Waals surface area contributed by atoms with E-state index in [-0.39, 0.29) is 16.7 Å². The lowest BCUT2D eigenvalue weighted by molar-refractivity contribution is 0.631. The first-order valence-electron chi connectivity index (χ1n) is 6.53. The lowest BCUT2D eigenvalue weighted by Crippen LogP contribution is -2.13. The summed E-state index contributed by atoms with van der Waals surface area (Å²) in [6.45, 7) is 0. The van der Waals surface area contributed by atoms with Gasteiger partial charge in [-0.1, -0.05) is 18.2 Å². The Morgan fingerprint density at radius 3 is 2.64 bits per heavy atom. The van der Waals surface area contributed by atoms with Crippen LogP contribution in [0, 0.1) is 17.1 Å². The van der Waals surface area contributed by atoms with Crippen LogP contribution in [0.5, 0.6) is 0 Å². The molecule has 3 aromatic rings.